The van der Waals surface area contributed by atoms with Crippen LogP contribution in [0, 0.1) is 5.82 Å². The first kappa shape index (κ1) is 15.7. The van der Waals surface area contributed by atoms with Gasteiger partial charge in [-0.15, -0.1) is 0 Å². The topological polar surface area (TPSA) is 95.7 Å². The van der Waals surface area contributed by atoms with E-state index in [4.69, 9.17) is 10.8 Å². The lowest BCUT2D eigenvalue weighted by molar-refractivity contribution is -0.120. The van der Waals surface area contributed by atoms with Gasteiger partial charge in [-0.1, -0.05) is 0 Å². The van der Waals surface area contributed by atoms with Crippen molar-refractivity contribution in [2.24, 2.45) is 0 Å². The summed E-state index contributed by atoms with van der Waals surface area (Å²) >= 11 is 0. The summed E-state index contributed by atoms with van der Waals surface area (Å²) < 4.78 is 13.8. The molecule has 0 aliphatic heterocycles. The molecule has 0 aromatic heterocycles. The van der Waals surface area contributed by atoms with Gasteiger partial charge in [0.2, 0.25) is 5.91 Å². The van der Waals surface area contributed by atoms with Crippen LogP contribution in [0.1, 0.15) is 24.2 Å². The number of nitrogens with zero attached hydrogens (tertiary/aromatic N) is 1. The van der Waals surface area contributed by atoms with Crippen LogP contribution in [-0.2, 0) is 4.79 Å². The Kier molecular flexibility index (Phi) is 4.90. The molecule has 20 heavy (non-hydrogen) atoms. The number of nitrogens with two attached hydrogens (primary N) is 1. The summed E-state index contributed by atoms with van der Waals surface area (Å²) in [5.41, 5.74) is 5.10. The lowest BCUT2D eigenvalue weighted by Crippen LogP contribution is -2.38. The molecule has 0 unspecified atom stereocenters. The SMILES string of the molecule is CC(C)NC(=O)CN(C)c1cc(C(=O)O)c(N)cc1F. The number of carboxylic acids is 1. The fourth-order valence-electron chi connectivity index (χ4n) is 1.72. The molecule has 7 heteroatoms. The molecular formula is C13H18FN3O3. The Bertz CT molecular complexity index is 532. The number of benzene rings is 1. The number of halogens is 1. The summed E-state index contributed by atoms with van der Waals surface area (Å²) in [7, 11) is 1.50. The molecule has 6 nitrogen and oxygen atoms in total. The van der Waals surface area contributed by atoms with Gasteiger partial charge in [-0.25, -0.2) is 9.18 Å². The molecule has 0 atom stereocenters. The molecule has 0 bridgehead atoms. The summed E-state index contributed by atoms with van der Waals surface area (Å²) in [6.45, 7) is 3.53. The molecule has 1 aromatic carbocycles. The van der Waals surface area contributed by atoms with Crippen molar-refractivity contribution in [2.75, 3.05) is 24.2 Å². The van der Waals surface area contributed by atoms with Crippen LogP contribution in [0.2, 0.25) is 0 Å². The number of likely N-dealkylation sites (N-methyl/N-ethyl adjacent to an activating group) is 1. The van der Waals surface area contributed by atoms with Gasteiger partial charge in [0.05, 0.1) is 17.8 Å². The standard InChI is InChI=1S/C13H18FN3O3/c1-7(2)16-12(18)6-17(3)11-4-8(13(19)20)10(15)5-9(11)14/h4-5,7H,6,15H2,1-3H3,(H,16,18)(H,19,20). The largest absolute Gasteiger partial charge is 0.478 e. The molecule has 4 N–H and O–H groups in total. The molecule has 0 saturated heterocycles. The maximum Gasteiger partial charge on any atom is 0.337 e. The maximum atomic E-state index is 13.8. The highest BCUT2D eigenvalue weighted by Gasteiger charge is 2.17. The normalized spacial score (nSPS) is 10.4. The number of hydrogen-bond donors (Lipinski definition) is 3. The number of hydrogen-bond acceptors (Lipinski definition) is 4. The molecule has 0 aliphatic rings. The lowest BCUT2D eigenvalue weighted by atomic mass is 10.1. The minimum Gasteiger partial charge on any atom is -0.478 e. The summed E-state index contributed by atoms with van der Waals surface area (Å²) in [5, 5.41) is 11.6. The molecule has 0 aliphatic carbocycles. The third-order valence-electron chi connectivity index (χ3n) is 2.59. The number of carbonyl (C=O) groups excluding carboxylic acids is 1. The van der Waals surface area contributed by atoms with E-state index in [1.807, 2.05) is 13.8 Å². The third-order valence-corrected chi connectivity index (χ3v) is 2.59. The summed E-state index contributed by atoms with van der Waals surface area (Å²) in [4.78, 5) is 23.9. The van der Waals surface area contributed by atoms with Gasteiger partial charge in [0.25, 0.3) is 0 Å². The Labute approximate surface area is 116 Å². The van der Waals surface area contributed by atoms with Crippen LogP contribution in [0.15, 0.2) is 12.1 Å². The third kappa shape index (κ3) is 3.84. The van der Waals surface area contributed by atoms with Gasteiger partial charge in [0, 0.05) is 18.8 Å². The van der Waals surface area contributed by atoms with E-state index < -0.39 is 11.8 Å². The van der Waals surface area contributed by atoms with Crippen molar-refractivity contribution >= 4 is 23.3 Å². The number of carbonyl (C=O) groups is 2. The molecule has 0 spiro atoms. The second-order valence-electron chi connectivity index (χ2n) is 4.77. The van der Waals surface area contributed by atoms with Crippen molar-refractivity contribution in [2.45, 2.75) is 19.9 Å². The van der Waals surface area contributed by atoms with E-state index in [0.29, 0.717) is 0 Å². The second-order valence-corrected chi connectivity index (χ2v) is 4.77. The number of anilines is 2. The monoisotopic (exact) mass is 283 g/mol. The Balaban J connectivity index is 2.98. The van der Waals surface area contributed by atoms with Gasteiger partial charge in [-0.2, -0.15) is 0 Å². The van der Waals surface area contributed by atoms with Gasteiger partial charge in [0.15, 0.2) is 0 Å². The molecule has 0 heterocycles. The Hall–Kier alpha value is -2.31. The second kappa shape index (κ2) is 6.23. The van der Waals surface area contributed by atoms with Gasteiger partial charge in [0.1, 0.15) is 5.82 Å². The first-order valence-electron chi connectivity index (χ1n) is 6.05. The maximum absolute atomic E-state index is 13.8. The molecule has 0 radical (unpaired) electrons. The fraction of sp³-hybridized carbons (Fsp3) is 0.385. The number of amides is 1. The van der Waals surface area contributed by atoms with Crippen molar-refractivity contribution in [1.82, 2.24) is 5.32 Å². The fourth-order valence-corrected chi connectivity index (χ4v) is 1.72. The van der Waals surface area contributed by atoms with Crippen molar-refractivity contribution in [3.05, 3.63) is 23.5 Å². The average Bonchev–Trinajstić information content (AvgIpc) is 2.26. The quantitative estimate of drug-likeness (QED) is 0.702. The molecule has 0 saturated carbocycles. The highest BCUT2D eigenvalue weighted by Crippen LogP contribution is 2.24. The summed E-state index contributed by atoms with van der Waals surface area (Å²) in [5.74, 6) is -2.20. The zero-order valence-electron chi connectivity index (χ0n) is 11.6. The first-order valence-corrected chi connectivity index (χ1v) is 6.05. The molecule has 1 rings (SSSR count). The molecule has 110 valence electrons. The van der Waals surface area contributed by atoms with Gasteiger partial charge >= 0.3 is 5.97 Å². The van der Waals surface area contributed by atoms with E-state index in [-0.39, 0.29) is 35.4 Å². The Morgan fingerprint density at radius 2 is 2.05 bits per heavy atom. The average molecular weight is 283 g/mol. The van der Waals surface area contributed by atoms with E-state index in [2.05, 4.69) is 5.32 Å². The number of nitrogen functional groups attached to an aromatic ring is 1. The minimum atomic E-state index is -1.25. The van der Waals surface area contributed by atoms with Crippen molar-refractivity contribution in [1.29, 1.82) is 0 Å². The Morgan fingerprint density at radius 1 is 1.45 bits per heavy atom. The van der Waals surface area contributed by atoms with E-state index >= 15 is 0 Å². The van der Waals surface area contributed by atoms with Crippen LogP contribution in [0.5, 0.6) is 0 Å². The lowest BCUT2D eigenvalue weighted by Gasteiger charge is -2.21. The number of nitrogens with one attached hydrogen (secondary N) is 1. The van der Waals surface area contributed by atoms with Gasteiger partial charge in [-0.05, 0) is 26.0 Å². The summed E-state index contributed by atoms with van der Waals surface area (Å²) in [6, 6.07) is 2.03. The smallest absolute Gasteiger partial charge is 0.337 e. The van der Waals surface area contributed by atoms with Crippen LogP contribution < -0.4 is 16.0 Å². The number of aromatic carboxylic acids is 1. The highest BCUT2D eigenvalue weighted by molar-refractivity contribution is 5.95. The molecule has 0 fully saturated rings. The molecule has 1 aromatic rings. The zero-order chi connectivity index (χ0) is 15.4. The Morgan fingerprint density at radius 3 is 2.55 bits per heavy atom. The predicted octanol–water partition coefficient (Wildman–Crippen LogP) is 1.07. The van der Waals surface area contributed by atoms with E-state index in [1.165, 1.54) is 11.9 Å². The van der Waals surface area contributed by atoms with Crippen LogP contribution >= 0.6 is 0 Å². The van der Waals surface area contributed by atoms with E-state index in [9.17, 15) is 14.0 Å². The van der Waals surface area contributed by atoms with Crippen molar-refractivity contribution in [3.8, 4) is 0 Å². The van der Waals surface area contributed by atoms with Crippen molar-refractivity contribution < 1.29 is 19.1 Å². The van der Waals surface area contributed by atoms with Crippen LogP contribution in [-0.4, -0.2) is 36.6 Å². The molecular weight excluding hydrogens is 265 g/mol. The predicted molar refractivity (Wildman–Crippen MR) is 74.3 cm³/mol. The number of carboxylic acid groups (broad SMARTS) is 1. The highest BCUT2D eigenvalue weighted by atomic mass is 19.1. The van der Waals surface area contributed by atoms with Crippen LogP contribution in [0.25, 0.3) is 0 Å². The number of rotatable bonds is 5. The summed E-state index contributed by atoms with van der Waals surface area (Å²) in [6.07, 6.45) is 0. The molecule has 1 amide bonds. The first-order chi connectivity index (χ1) is 9.22. The van der Waals surface area contributed by atoms with Gasteiger partial charge in [-0.3, -0.25) is 4.79 Å². The van der Waals surface area contributed by atoms with E-state index in [0.717, 1.165) is 12.1 Å². The van der Waals surface area contributed by atoms with Crippen LogP contribution in [0.4, 0.5) is 15.8 Å². The minimum absolute atomic E-state index is 0.00973. The van der Waals surface area contributed by atoms with Crippen molar-refractivity contribution in [3.63, 3.8) is 0 Å². The van der Waals surface area contributed by atoms with Crippen LogP contribution in [0.3, 0.4) is 0 Å². The zero-order valence-corrected chi connectivity index (χ0v) is 11.6. The van der Waals surface area contributed by atoms with E-state index in [1.54, 1.807) is 0 Å². The van der Waals surface area contributed by atoms with Gasteiger partial charge < -0.3 is 21.1 Å².